The molecule has 0 saturated heterocycles. The smallest absolute Gasteiger partial charge is 0.311 e. The van der Waals surface area contributed by atoms with Crippen LogP contribution in [0.15, 0.2) is 18.2 Å². The lowest BCUT2D eigenvalue weighted by Crippen LogP contribution is -2.39. The molecule has 1 aromatic carbocycles. The number of nitrogens with two attached hydrogens (primary N) is 1. The summed E-state index contributed by atoms with van der Waals surface area (Å²) in [5, 5.41) is 14.4. The van der Waals surface area contributed by atoms with Crippen LogP contribution in [-0.4, -0.2) is 23.6 Å². The van der Waals surface area contributed by atoms with Gasteiger partial charge in [-0.25, -0.2) is 0 Å². The molecule has 0 aromatic heterocycles. The van der Waals surface area contributed by atoms with Crippen LogP contribution in [0.3, 0.4) is 0 Å². The Kier molecular flexibility index (Phi) is 5.38. The zero-order valence-corrected chi connectivity index (χ0v) is 12.4. The van der Waals surface area contributed by atoms with E-state index in [-0.39, 0.29) is 17.8 Å². The van der Waals surface area contributed by atoms with Crippen LogP contribution in [0.25, 0.3) is 0 Å². The SMILES string of the molecule is CCOc1cc(NC2CCCCCC2N)ccc1[N+](=O)[O-]. The number of hydrogen-bond acceptors (Lipinski definition) is 5. The molecular weight excluding hydrogens is 270 g/mol. The van der Waals surface area contributed by atoms with Gasteiger partial charge >= 0.3 is 5.69 Å². The molecule has 1 aromatic rings. The Hall–Kier alpha value is -1.82. The molecule has 0 amide bonds. The summed E-state index contributed by atoms with van der Waals surface area (Å²) in [6, 6.07) is 5.23. The Labute approximate surface area is 124 Å². The lowest BCUT2D eigenvalue weighted by Gasteiger charge is -2.24. The molecule has 0 spiro atoms. The summed E-state index contributed by atoms with van der Waals surface area (Å²) in [5.41, 5.74) is 7.02. The number of anilines is 1. The number of nitro groups is 1. The largest absolute Gasteiger partial charge is 0.487 e. The summed E-state index contributed by atoms with van der Waals surface area (Å²) in [4.78, 5) is 10.6. The van der Waals surface area contributed by atoms with E-state index in [1.807, 2.05) is 6.92 Å². The third kappa shape index (κ3) is 4.07. The zero-order valence-electron chi connectivity index (χ0n) is 12.4. The first-order valence-electron chi connectivity index (χ1n) is 7.55. The van der Waals surface area contributed by atoms with Gasteiger partial charge in [-0.1, -0.05) is 19.3 Å². The van der Waals surface area contributed by atoms with Gasteiger partial charge in [0.05, 0.1) is 11.5 Å². The fourth-order valence-electron chi connectivity index (χ4n) is 2.76. The second-order valence-electron chi connectivity index (χ2n) is 5.43. The summed E-state index contributed by atoms with van der Waals surface area (Å²) in [5.74, 6) is 0.301. The van der Waals surface area contributed by atoms with Gasteiger partial charge in [0, 0.05) is 29.9 Å². The zero-order chi connectivity index (χ0) is 15.2. The van der Waals surface area contributed by atoms with Crippen molar-refractivity contribution in [3.63, 3.8) is 0 Å². The van der Waals surface area contributed by atoms with Crippen LogP contribution in [0, 0.1) is 10.1 Å². The second kappa shape index (κ2) is 7.26. The van der Waals surface area contributed by atoms with Crippen molar-refractivity contribution >= 4 is 11.4 Å². The maximum absolute atomic E-state index is 11.0. The monoisotopic (exact) mass is 293 g/mol. The summed E-state index contributed by atoms with van der Waals surface area (Å²) < 4.78 is 5.37. The van der Waals surface area contributed by atoms with Gasteiger partial charge in [-0.3, -0.25) is 10.1 Å². The molecule has 6 heteroatoms. The molecule has 0 aliphatic heterocycles. The maximum atomic E-state index is 11.0. The van der Waals surface area contributed by atoms with E-state index in [1.165, 1.54) is 18.9 Å². The van der Waals surface area contributed by atoms with Crippen LogP contribution in [0.4, 0.5) is 11.4 Å². The van der Waals surface area contributed by atoms with Crippen LogP contribution in [0.5, 0.6) is 5.75 Å². The quantitative estimate of drug-likeness (QED) is 0.494. The van der Waals surface area contributed by atoms with E-state index in [0.717, 1.165) is 24.9 Å². The minimum atomic E-state index is -0.424. The van der Waals surface area contributed by atoms with Crippen LogP contribution < -0.4 is 15.8 Å². The Morgan fingerprint density at radius 2 is 2.14 bits per heavy atom. The average Bonchev–Trinajstić information content (AvgIpc) is 2.64. The predicted octanol–water partition coefficient (Wildman–Crippen LogP) is 3.07. The van der Waals surface area contributed by atoms with Gasteiger partial charge in [0.2, 0.25) is 0 Å². The topological polar surface area (TPSA) is 90.4 Å². The molecule has 1 aliphatic carbocycles. The highest BCUT2D eigenvalue weighted by Gasteiger charge is 2.21. The summed E-state index contributed by atoms with van der Waals surface area (Å²) in [6.07, 6.45) is 5.60. The van der Waals surface area contributed by atoms with E-state index in [2.05, 4.69) is 5.32 Å². The molecule has 0 radical (unpaired) electrons. The third-order valence-electron chi connectivity index (χ3n) is 3.88. The third-order valence-corrected chi connectivity index (χ3v) is 3.88. The fourth-order valence-corrected chi connectivity index (χ4v) is 2.76. The number of nitro benzene ring substituents is 1. The first kappa shape index (κ1) is 15.6. The average molecular weight is 293 g/mol. The van der Waals surface area contributed by atoms with Crippen molar-refractivity contribution in [2.24, 2.45) is 5.73 Å². The van der Waals surface area contributed by atoms with E-state index >= 15 is 0 Å². The van der Waals surface area contributed by atoms with Crippen molar-refractivity contribution in [1.82, 2.24) is 0 Å². The van der Waals surface area contributed by atoms with Crippen molar-refractivity contribution in [3.8, 4) is 5.75 Å². The van der Waals surface area contributed by atoms with E-state index in [0.29, 0.717) is 12.4 Å². The Bertz CT molecular complexity index is 493. The standard InChI is InChI=1S/C15H23N3O3/c1-2-21-15-10-11(8-9-14(15)18(19)20)17-13-7-5-3-4-6-12(13)16/h8-10,12-13,17H,2-7,16H2,1H3. The van der Waals surface area contributed by atoms with E-state index in [1.54, 1.807) is 12.1 Å². The molecule has 0 bridgehead atoms. The van der Waals surface area contributed by atoms with E-state index in [4.69, 9.17) is 10.5 Å². The molecule has 6 nitrogen and oxygen atoms in total. The number of benzene rings is 1. The van der Waals surface area contributed by atoms with Crippen LogP contribution in [-0.2, 0) is 0 Å². The number of hydrogen-bond donors (Lipinski definition) is 2. The van der Waals surface area contributed by atoms with Crippen LogP contribution in [0.2, 0.25) is 0 Å². The van der Waals surface area contributed by atoms with Gasteiger partial charge < -0.3 is 15.8 Å². The van der Waals surface area contributed by atoms with Gasteiger partial charge in [-0.2, -0.15) is 0 Å². The second-order valence-corrected chi connectivity index (χ2v) is 5.43. The molecule has 2 rings (SSSR count). The van der Waals surface area contributed by atoms with Crippen LogP contribution in [0.1, 0.15) is 39.0 Å². The lowest BCUT2D eigenvalue weighted by atomic mass is 10.0. The van der Waals surface area contributed by atoms with E-state index < -0.39 is 4.92 Å². The molecular formula is C15H23N3O3. The normalized spacial score (nSPS) is 22.4. The van der Waals surface area contributed by atoms with Crippen molar-refractivity contribution in [3.05, 3.63) is 28.3 Å². The molecule has 1 aliphatic rings. The van der Waals surface area contributed by atoms with Gasteiger partial charge in [0.15, 0.2) is 5.75 Å². The minimum absolute atomic E-state index is 0.00688. The minimum Gasteiger partial charge on any atom is -0.487 e. The molecule has 116 valence electrons. The van der Waals surface area contributed by atoms with Gasteiger partial charge in [0.25, 0.3) is 0 Å². The first-order chi connectivity index (χ1) is 10.1. The molecule has 2 unspecified atom stereocenters. The Morgan fingerprint density at radius 3 is 2.86 bits per heavy atom. The first-order valence-corrected chi connectivity index (χ1v) is 7.55. The van der Waals surface area contributed by atoms with Crippen molar-refractivity contribution < 1.29 is 9.66 Å². The van der Waals surface area contributed by atoms with Crippen LogP contribution >= 0.6 is 0 Å². The molecule has 2 atom stereocenters. The summed E-state index contributed by atoms with van der Waals surface area (Å²) in [6.45, 7) is 2.21. The van der Waals surface area contributed by atoms with Gasteiger partial charge in [0.1, 0.15) is 0 Å². The molecule has 3 N–H and O–H groups in total. The number of nitrogens with zero attached hydrogens (tertiary/aromatic N) is 1. The van der Waals surface area contributed by atoms with E-state index in [9.17, 15) is 10.1 Å². The Morgan fingerprint density at radius 1 is 1.38 bits per heavy atom. The highest BCUT2D eigenvalue weighted by molar-refractivity contribution is 5.58. The van der Waals surface area contributed by atoms with Gasteiger partial charge in [-0.15, -0.1) is 0 Å². The maximum Gasteiger partial charge on any atom is 0.311 e. The van der Waals surface area contributed by atoms with Crippen molar-refractivity contribution in [2.45, 2.75) is 51.1 Å². The number of nitrogens with one attached hydrogen (secondary N) is 1. The van der Waals surface area contributed by atoms with Crippen molar-refractivity contribution in [2.75, 3.05) is 11.9 Å². The van der Waals surface area contributed by atoms with Gasteiger partial charge in [-0.05, 0) is 25.8 Å². The summed E-state index contributed by atoms with van der Waals surface area (Å²) >= 11 is 0. The lowest BCUT2D eigenvalue weighted by molar-refractivity contribution is -0.385. The number of rotatable bonds is 5. The summed E-state index contributed by atoms with van der Waals surface area (Å²) in [7, 11) is 0. The Balaban J connectivity index is 2.15. The molecule has 0 heterocycles. The molecule has 1 saturated carbocycles. The highest BCUT2D eigenvalue weighted by atomic mass is 16.6. The predicted molar refractivity (Wildman–Crippen MR) is 82.7 cm³/mol. The van der Waals surface area contributed by atoms with Crippen molar-refractivity contribution in [1.29, 1.82) is 0 Å². The molecule has 21 heavy (non-hydrogen) atoms. The number of ether oxygens (including phenoxy) is 1. The molecule has 1 fully saturated rings. The fraction of sp³-hybridized carbons (Fsp3) is 0.600. The highest BCUT2D eigenvalue weighted by Crippen LogP contribution is 2.31.